The van der Waals surface area contributed by atoms with Crippen LogP contribution >= 0.6 is 0 Å². The predicted octanol–water partition coefficient (Wildman–Crippen LogP) is 10.7. The van der Waals surface area contributed by atoms with Gasteiger partial charge in [0.05, 0.1) is 5.69 Å². The summed E-state index contributed by atoms with van der Waals surface area (Å²) in [5.74, 6) is 0.906. The normalized spacial score (nSPS) is 13.3. The van der Waals surface area contributed by atoms with Crippen LogP contribution in [0.1, 0.15) is 82.7 Å². The van der Waals surface area contributed by atoms with Crippen LogP contribution in [0.2, 0.25) is 0 Å². The van der Waals surface area contributed by atoms with Crippen molar-refractivity contribution in [2.24, 2.45) is 21.6 Å². The van der Waals surface area contributed by atoms with Gasteiger partial charge in [-0.05, 0) is 91.4 Å². The summed E-state index contributed by atoms with van der Waals surface area (Å²) in [5, 5.41) is 1.77. The molecule has 0 bridgehead atoms. The van der Waals surface area contributed by atoms with Gasteiger partial charge in [0, 0.05) is 33.9 Å². The Morgan fingerprint density at radius 1 is 0.911 bits per heavy atom. The number of hydrogen-bond donors (Lipinski definition) is 1. The Morgan fingerprint density at radius 2 is 1.53 bits per heavy atom. The third kappa shape index (κ3) is 6.85. The maximum Gasteiger partial charge on any atom is 0.227 e. The van der Waals surface area contributed by atoms with Crippen LogP contribution in [-0.2, 0) is 5.41 Å². The van der Waals surface area contributed by atoms with E-state index < -0.39 is 11.6 Å². The highest BCUT2D eigenvalue weighted by Crippen LogP contribution is 2.42. The topological polar surface area (TPSA) is 76.8 Å². The number of hydrogen-bond acceptors (Lipinski definition) is 3. The van der Waals surface area contributed by atoms with E-state index in [4.69, 9.17) is 20.1 Å². The lowest BCUT2D eigenvalue weighted by atomic mass is 9.75. The van der Waals surface area contributed by atoms with E-state index in [-0.39, 0.29) is 5.92 Å². The van der Waals surface area contributed by atoms with E-state index in [9.17, 15) is 0 Å². The average molecular weight is 607 g/mol. The number of pyridine rings is 1. The molecule has 0 unspecified atom stereocenters. The van der Waals surface area contributed by atoms with Crippen LogP contribution in [0.3, 0.4) is 0 Å². The molecule has 6 heteroatoms. The maximum absolute atomic E-state index is 15.4. The third-order valence-corrected chi connectivity index (χ3v) is 8.30. The molecule has 0 radical (unpaired) electrons. The van der Waals surface area contributed by atoms with Crippen LogP contribution < -0.4 is 5.73 Å². The number of nitrogens with zero attached hydrogens (tertiary/aromatic N) is 3. The fourth-order valence-electron chi connectivity index (χ4n) is 5.54. The van der Waals surface area contributed by atoms with E-state index in [1.165, 1.54) is 6.42 Å². The Hall–Kier alpha value is -4.32. The van der Waals surface area contributed by atoms with Gasteiger partial charge in [0.2, 0.25) is 5.71 Å². The van der Waals surface area contributed by atoms with Gasteiger partial charge in [-0.1, -0.05) is 78.3 Å². The first-order chi connectivity index (χ1) is 21.3. The molecule has 0 aliphatic rings. The summed E-state index contributed by atoms with van der Waals surface area (Å²) in [6.07, 6.45) is 1.80. The van der Waals surface area contributed by atoms with Gasteiger partial charge in [0.1, 0.15) is 17.6 Å². The monoisotopic (exact) mass is 606 g/mol. The number of fused-ring (bicyclic) bond motifs is 3. The number of aryl methyl sites for hydroxylation is 3. The third-order valence-electron chi connectivity index (χ3n) is 8.30. The van der Waals surface area contributed by atoms with Crippen LogP contribution in [0.15, 0.2) is 81.3 Å². The van der Waals surface area contributed by atoms with Crippen molar-refractivity contribution in [3.8, 4) is 11.1 Å². The van der Waals surface area contributed by atoms with Gasteiger partial charge in [-0.3, -0.25) is 0 Å². The van der Waals surface area contributed by atoms with Crippen molar-refractivity contribution in [2.45, 2.75) is 87.2 Å². The van der Waals surface area contributed by atoms with Crippen molar-refractivity contribution in [2.75, 3.05) is 0 Å². The van der Waals surface area contributed by atoms with Crippen molar-refractivity contribution in [3.05, 3.63) is 94.7 Å². The molecule has 0 aliphatic heterocycles. The highest BCUT2D eigenvalue weighted by molar-refractivity contribution is 6.14. The molecule has 5 rings (SSSR count). The molecule has 3 aromatic carbocycles. The van der Waals surface area contributed by atoms with E-state index in [0.29, 0.717) is 23.0 Å². The minimum atomic E-state index is -1.16. The molecule has 45 heavy (non-hydrogen) atoms. The van der Waals surface area contributed by atoms with Gasteiger partial charge in [-0.15, -0.1) is 0 Å². The van der Waals surface area contributed by atoms with Gasteiger partial charge in [-0.25, -0.2) is 19.4 Å². The molecular formula is C39H47FN4O. The summed E-state index contributed by atoms with van der Waals surface area (Å²) in [6, 6.07) is 20.5. The number of aromatic nitrogens is 1. The summed E-state index contributed by atoms with van der Waals surface area (Å²) in [4.78, 5) is 14.6. The lowest BCUT2D eigenvalue weighted by Gasteiger charge is -2.31. The fourth-order valence-corrected chi connectivity index (χ4v) is 5.54. The molecule has 1 atom stereocenters. The van der Waals surface area contributed by atoms with E-state index in [0.717, 1.165) is 55.4 Å². The van der Waals surface area contributed by atoms with Crippen LogP contribution in [-0.4, -0.2) is 22.8 Å². The number of furan rings is 1. The number of amidine groups is 2. The average Bonchev–Trinajstić information content (AvgIpc) is 3.38. The second-order valence-corrected chi connectivity index (χ2v) is 12.8. The molecule has 5 nitrogen and oxygen atoms in total. The van der Waals surface area contributed by atoms with Crippen LogP contribution in [0.4, 0.5) is 10.1 Å². The van der Waals surface area contributed by atoms with Crippen molar-refractivity contribution >= 4 is 39.4 Å². The van der Waals surface area contributed by atoms with Gasteiger partial charge in [0.25, 0.3) is 0 Å². The van der Waals surface area contributed by atoms with Gasteiger partial charge in [0.15, 0.2) is 5.84 Å². The summed E-state index contributed by atoms with van der Waals surface area (Å²) in [7, 11) is 0. The van der Waals surface area contributed by atoms with Crippen molar-refractivity contribution < 1.29 is 8.81 Å². The lowest BCUT2D eigenvalue weighted by molar-refractivity contribution is 0.236. The van der Waals surface area contributed by atoms with Crippen molar-refractivity contribution in [1.82, 2.24) is 4.98 Å². The Kier molecular flexibility index (Phi) is 10.3. The molecule has 2 heterocycles. The maximum atomic E-state index is 15.4. The number of benzene rings is 3. The molecule has 0 fully saturated rings. The number of nitrogens with two attached hydrogens (primary N) is 1. The SMILES string of the molecule is CCC.Cc1cc(-c2ccccc2)cc(C)c1N=C(N=C(N)C(C)C)c1cc2c(oc3ncccc32)c(C)c1C(C)(C)[C@@H](C)F. The Bertz CT molecular complexity index is 1840. The van der Waals surface area contributed by atoms with Crippen molar-refractivity contribution in [3.63, 3.8) is 0 Å². The molecule has 0 aliphatic carbocycles. The zero-order chi connectivity index (χ0) is 33.1. The molecule has 0 saturated carbocycles. The summed E-state index contributed by atoms with van der Waals surface area (Å²) >= 11 is 0. The van der Waals surface area contributed by atoms with Crippen LogP contribution in [0.25, 0.3) is 33.2 Å². The van der Waals surface area contributed by atoms with Gasteiger partial charge >= 0.3 is 0 Å². The Morgan fingerprint density at radius 3 is 2.11 bits per heavy atom. The second-order valence-electron chi connectivity index (χ2n) is 12.8. The zero-order valence-corrected chi connectivity index (χ0v) is 28.4. The highest BCUT2D eigenvalue weighted by atomic mass is 19.1. The number of alkyl halides is 1. The first kappa shape index (κ1) is 33.6. The highest BCUT2D eigenvalue weighted by Gasteiger charge is 2.35. The zero-order valence-electron chi connectivity index (χ0n) is 28.4. The van der Waals surface area contributed by atoms with E-state index in [2.05, 4.69) is 56.9 Å². The number of halogens is 1. The molecule has 0 saturated heterocycles. The fraction of sp³-hybridized carbons (Fsp3) is 0.359. The lowest BCUT2D eigenvalue weighted by Crippen LogP contribution is -2.31. The molecular weight excluding hydrogens is 559 g/mol. The Labute approximate surface area is 267 Å². The number of rotatable bonds is 6. The molecule has 2 N–H and O–H groups in total. The largest absolute Gasteiger partial charge is 0.437 e. The first-order valence-corrected chi connectivity index (χ1v) is 15.9. The summed E-state index contributed by atoms with van der Waals surface area (Å²) in [5.41, 5.74) is 14.3. The second kappa shape index (κ2) is 13.8. The first-order valence-electron chi connectivity index (χ1n) is 15.9. The van der Waals surface area contributed by atoms with Crippen LogP contribution in [0.5, 0.6) is 0 Å². The smallest absolute Gasteiger partial charge is 0.227 e. The minimum Gasteiger partial charge on any atom is -0.437 e. The predicted molar refractivity (Wildman–Crippen MR) is 190 cm³/mol. The van der Waals surface area contributed by atoms with E-state index in [1.54, 1.807) is 13.1 Å². The minimum absolute atomic E-state index is 0.00167. The van der Waals surface area contributed by atoms with Crippen molar-refractivity contribution in [1.29, 1.82) is 0 Å². The molecule has 5 aromatic rings. The molecule has 236 valence electrons. The van der Waals surface area contributed by atoms with Gasteiger partial charge < -0.3 is 10.2 Å². The van der Waals surface area contributed by atoms with Gasteiger partial charge in [-0.2, -0.15) is 0 Å². The Balaban J connectivity index is 0.00000148. The standard InChI is InChI=1S/C36H39FN4O.C3H8/c1-20(2)33(38)41-34(40-31-21(3)17-26(18-22(31)4)25-13-10-9-11-14-25)29-19-28-27-15-12-16-39-35(27)42-32(28)23(5)30(29)36(7,8)24(6)37;1-3-2/h9-20,24H,1-8H3,(H2,38,40,41);3H2,1-2H3/t24-;/m1./s1. The summed E-state index contributed by atoms with van der Waals surface area (Å²) in [6.45, 7) is 19.8. The molecule has 0 spiro atoms. The summed E-state index contributed by atoms with van der Waals surface area (Å²) < 4.78 is 21.6. The molecule has 0 amide bonds. The quantitative estimate of drug-likeness (QED) is 0.154. The van der Waals surface area contributed by atoms with Crippen LogP contribution in [0, 0.1) is 26.7 Å². The number of aliphatic imine (C=N–C) groups is 2. The van der Waals surface area contributed by atoms with E-state index in [1.807, 2.05) is 71.0 Å². The van der Waals surface area contributed by atoms with E-state index >= 15 is 4.39 Å². The molecule has 2 aromatic heterocycles.